The van der Waals surface area contributed by atoms with Gasteiger partial charge in [-0.1, -0.05) is 23.7 Å². The van der Waals surface area contributed by atoms with Crippen LogP contribution in [0.5, 0.6) is 0 Å². The Bertz CT molecular complexity index is 732. The molecule has 1 aromatic heterocycles. The van der Waals surface area contributed by atoms with Gasteiger partial charge in [-0.15, -0.1) is 0 Å². The molecule has 1 saturated heterocycles. The third-order valence-corrected chi connectivity index (χ3v) is 4.55. The highest BCUT2D eigenvalue weighted by atomic mass is 35.5. The van der Waals surface area contributed by atoms with Gasteiger partial charge in [-0.25, -0.2) is 9.97 Å². The number of likely N-dealkylation sites (tertiary alicyclic amines) is 1. The molecule has 6 heteroatoms. The summed E-state index contributed by atoms with van der Waals surface area (Å²) in [6.07, 6.45) is 2.32. The first-order chi connectivity index (χ1) is 11.6. The minimum atomic E-state index is 0.0265. The Hall–Kier alpha value is -2.14. The van der Waals surface area contributed by atoms with Crippen LogP contribution in [0.2, 0.25) is 5.02 Å². The first-order valence-electron chi connectivity index (χ1n) is 8.14. The first kappa shape index (κ1) is 16.7. The summed E-state index contributed by atoms with van der Waals surface area (Å²) in [5.41, 5.74) is 1.89. The summed E-state index contributed by atoms with van der Waals surface area (Å²) < 4.78 is 0. The van der Waals surface area contributed by atoms with E-state index in [1.54, 1.807) is 0 Å². The van der Waals surface area contributed by atoms with Crippen LogP contribution < -0.4 is 5.32 Å². The number of halogens is 1. The van der Waals surface area contributed by atoms with Crippen molar-refractivity contribution in [1.29, 1.82) is 0 Å². The third-order valence-electron chi connectivity index (χ3n) is 4.30. The van der Waals surface area contributed by atoms with E-state index >= 15 is 0 Å². The van der Waals surface area contributed by atoms with Gasteiger partial charge in [-0.2, -0.15) is 0 Å². The highest BCUT2D eigenvalue weighted by Gasteiger charge is 2.31. The van der Waals surface area contributed by atoms with Crippen LogP contribution in [0.3, 0.4) is 0 Å². The number of nitrogens with one attached hydrogen (secondary N) is 1. The van der Waals surface area contributed by atoms with E-state index in [-0.39, 0.29) is 11.9 Å². The van der Waals surface area contributed by atoms with Gasteiger partial charge < -0.3 is 10.2 Å². The first-order valence-corrected chi connectivity index (χ1v) is 8.52. The number of aromatic nitrogens is 2. The molecule has 0 unspecified atom stereocenters. The van der Waals surface area contributed by atoms with Crippen molar-refractivity contribution in [3.05, 3.63) is 52.4 Å². The van der Waals surface area contributed by atoms with E-state index in [1.807, 2.05) is 49.2 Å². The Morgan fingerprint density at radius 1 is 1.33 bits per heavy atom. The van der Waals surface area contributed by atoms with E-state index in [2.05, 4.69) is 15.3 Å². The predicted molar refractivity (Wildman–Crippen MR) is 95.2 cm³/mol. The van der Waals surface area contributed by atoms with Crippen molar-refractivity contribution >= 4 is 23.3 Å². The van der Waals surface area contributed by atoms with E-state index in [4.69, 9.17) is 11.6 Å². The number of hydrogen-bond acceptors (Lipinski definition) is 4. The van der Waals surface area contributed by atoms with Crippen LogP contribution in [0, 0.1) is 6.92 Å². The third kappa shape index (κ3) is 3.67. The molecule has 0 aliphatic carbocycles. The zero-order chi connectivity index (χ0) is 17.1. The number of anilines is 1. The van der Waals surface area contributed by atoms with Crippen molar-refractivity contribution in [2.24, 2.45) is 0 Å². The zero-order valence-corrected chi connectivity index (χ0v) is 14.7. The number of carbonyl (C=O) groups is 1. The van der Waals surface area contributed by atoms with Gasteiger partial charge in [-0.05, 0) is 37.5 Å². The fourth-order valence-corrected chi connectivity index (χ4v) is 3.27. The maximum absolute atomic E-state index is 12.8. The van der Waals surface area contributed by atoms with Crippen LogP contribution >= 0.6 is 11.6 Å². The largest absolute Gasteiger partial charge is 0.373 e. The lowest BCUT2D eigenvalue weighted by molar-refractivity contribution is -0.131. The summed E-state index contributed by atoms with van der Waals surface area (Å²) in [5.74, 6) is 1.63. The maximum atomic E-state index is 12.8. The standard InChI is InChI=1S/C18H21ClN4O/c1-12-21-15(11-17(20-2)22-12)16-4-3-9-23(16)18(24)10-13-5-7-14(19)8-6-13/h5-8,11,16H,3-4,9-10H2,1-2H3,(H,20,21,22)/t16-/m1/s1. The molecule has 2 aromatic rings. The van der Waals surface area contributed by atoms with Crippen LogP contribution in [-0.2, 0) is 11.2 Å². The van der Waals surface area contributed by atoms with Gasteiger partial charge in [0.25, 0.3) is 0 Å². The Kier molecular flexibility index (Phi) is 5.00. The fourth-order valence-electron chi connectivity index (χ4n) is 3.14. The second-order valence-electron chi connectivity index (χ2n) is 6.02. The molecule has 1 fully saturated rings. The van der Waals surface area contributed by atoms with Gasteiger partial charge in [0.2, 0.25) is 5.91 Å². The quantitative estimate of drug-likeness (QED) is 0.923. The number of aryl methyl sites for hydroxylation is 1. The van der Waals surface area contributed by atoms with E-state index in [9.17, 15) is 4.79 Å². The minimum Gasteiger partial charge on any atom is -0.373 e. The molecule has 2 heterocycles. The Balaban J connectivity index is 1.78. The number of hydrogen-bond donors (Lipinski definition) is 1. The van der Waals surface area contributed by atoms with Crippen molar-refractivity contribution in [2.45, 2.75) is 32.2 Å². The summed E-state index contributed by atoms with van der Waals surface area (Å²) in [6, 6.07) is 9.40. The van der Waals surface area contributed by atoms with Gasteiger partial charge >= 0.3 is 0 Å². The van der Waals surface area contributed by atoms with E-state index in [0.717, 1.165) is 36.5 Å². The Morgan fingerprint density at radius 2 is 2.08 bits per heavy atom. The van der Waals surface area contributed by atoms with Crippen molar-refractivity contribution in [3.63, 3.8) is 0 Å². The average Bonchev–Trinajstić information content (AvgIpc) is 3.06. The smallest absolute Gasteiger partial charge is 0.227 e. The second kappa shape index (κ2) is 7.18. The van der Waals surface area contributed by atoms with Crippen molar-refractivity contribution in [3.8, 4) is 0 Å². The molecule has 1 N–H and O–H groups in total. The zero-order valence-electron chi connectivity index (χ0n) is 13.9. The van der Waals surface area contributed by atoms with Crippen LogP contribution in [0.4, 0.5) is 5.82 Å². The molecule has 1 amide bonds. The summed E-state index contributed by atoms with van der Waals surface area (Å²) >= 11 is 5.91. The molecule has 1 aromatic carbocycles. The fraction of sp³-hybridized carbons (Fsp3) is 0.389. The molecular formula is C18H21ClN4O. The Labute approximate surface area is 147 Å². The van der Waals surface area contributed by atoms with Crippen LogP contribution in [-0.4, -0.2) is 34.4 Å². The number of nitrogens with zero attached hydrogens (tertiary/aromatic N) is 3. The van der Waals surface area contributed by atoms with Gasteiger partial charge in [0.05, 0.1) is 18.2 Å². The number of rotatable bonds is 4. The summed E-state index contributed by atoms with van der Waals surface area (Å²) in [7, 11) is 1.84. The lowest BCUT2D eigenvalue weighted by atomic mass is 10.1. The number of amides is 1. The van der Waals surface area contributed by atoms with Crippen LogP contribution in [0.25, 0.3) is 0 Å². The van der Waals surface area contributed by atoms with E-state index < -0.39 is 0 Å². The molecular weight excluding hydrogens is 324 g/mol. The van der Waals surface area contributed by atoms with Gasteiger partial charge in [-0.3, -0.25) is 4.79 Å². The van der Waals surface area contributed by atoms with Crippen LogP contribution in [0.1, 0.15) is 36.0 Å². The molecule has 1 aliphatic rings. The molecule has 126 valence electrons. The van der Waals surface area contributed by atoms with Gasteiger partial charge in [0, 0.05) is 24.7 Å². The molecule has 0 saturated carbocycles. The second-order valence-corrected chi connectivity index (χ2v) is 6.46. The average molecular weight is 345 g/mol. The van der Waals surface area contributed by atoms with Crippen LogP contribution in [0.15, 0.2) is 30.3 Å². The highest BCUT2D eigenvalue weighted by molar-refractivity contribution is 6.30. The topological polar surface area (TPSA) is 58.1 Å². The molecule has 5 nitrogen and oxygen atoms in total. The van der Waals surface area contributed by atoms with Gasteiger partial charge in [0.15, 0.2) is 0 Å². The SMILES string of the molecule is CNc1cc([C@H]2CCCN2C(=O)Cc2ccc(Cl)cc2)nc(C)n1. The summed E-state index contributed by atoms with van der Waals surface area (Å²) in [5, 5.41) is 3.74. The lowest BCUT2D eigenvalue weighted by Crippen LogP contribution is -2.32. The van der Waals surface area contributed by atoms with Crippen molar-refractivity contribution in [1.82, 2.24) is 14.9 Å². The monoisotopic (exact) mass is 344 g/mol. The Morgan fingerprint density at radius 3 is 2.79 bits per heavy atom. The van der Waals surface area contributed by atoms with E-state index in [0.29, 0.717) is 17.3 Å². The summed E-state index contributed by atoms with van der Waals surface area (Å²) in [4.78, 5) is 23.6. The molecule has 3 rings (SSSR count). The molecule has 0 spiro atoms. The van der Waals surface area contributed by atoms with Gasteiger partial charge in [0.1, 0.15) is 11.6 Å². The highest BCUT2D eigenvalue weighted by Crippen LogP contribution is 2.32. The molecule has 1 aliphatic heterocycles. The molecule has 1 atom stereocenters. The number of benzene rings is 1. The van der Waals surface area contributed by atoms with E-state index in [1.165, 1.54) is 0 Å². The number of carbonyl (C=O) groups excluding carboxylic acids is 1. The summed E-state index contributed by atoms with van der Waals surface area (Å²) in [6.45, 7) is 2.65. The predicted octanol–water partition coefficient (Wildman–Crippen LogP) is 3.39. The van der Waals surface area contributed by atoms with Crippen molar-refractivity contribution < 1.29 is 4.79 Å². The minimum absolute atomic E-state index is 0.0265. The lowest BCUT2D eigenvalue weighted by Gasteiger charge is -2.25. The maximum Gasteiger partial charge on any atom is 0.227 e. The van der Waals surface area contributed by atoms with Crippen molar-refractivity contribution in [2.75, 3.05) is 18.9 Å². The molecule has 24 heavy (non-hydrogen) atoms. The molecule has 0 radical (unpaired) electrons. The normalized spacial score (nSPS) is 17.1. The molecule has 0 bridgehead atoms.